The Balaban J connectivity index is 1.45. The lowest BCUT2D eigenvalue weighted by Gasteiger charge is -2.39. The minimum Gasteiger partial charge on any atom is -0.350 e. The van der Waals surface area contributed by atoms with E-state index >= 15 is 0 Å². The number of pyridine rings is 1. The number of piperidine rings is 1. The molecule has 7 heteroatoms. The van der Waals surface area contributed by atoms with Crippen molar-refractivity contribution in [2.24, 2.45) is 0 Å². The Bertz CT molecular complexity index is 794. The highest BCUT2D eigenvalue weighted by Crippen LogP contribution is 2.35. The van der Waals surface area contributed by atoms with Crippen LogP contribution in [0, 0.1) is 0 Å². The molecule has 2 aromatic heterocycles. The van der Waals surface area contributed by atoms with Crippen molar-refractivity contribution in [2.45, 2.75) is 37.8 Å². The number of rotatable bonds is 4. The molecule has 1 aliphatic heterocycles. The Morgan fingerprint density at radius 3 is 2.56 bits per heavy atom. The monoisotopic (exact) mass is 339 g/mol. The molecular formula is C18H21N5O2. The Kier molecular flexibility index (Phi) is 4.21. The Labute approximate surface area is 145 Å². The van der Waals surface area contributed by atoms with Gasteiger partial charge in [-0.1, -0.05) is 0 Å². The number of hydrogen-bond acceptors (Lipinski definition) is 5. The Hall–Kier alpha value is -2.70. The van der Waals surface area contributed by atoms with Gasteiger partial charge in [-0.05, 0) is 43.9 Å². The van der Waals surface area contributed by atoms with Crippen molar-refractivity contribution < 1.29 is 4.79 Å². The van der Waals surface area contributed by atoms with Crippen molar-refractivity contribution in [3.63, 3.8) is 0 Å². The maximum Gasteiger partial charge on any atom is 0.260 e. The molecular weight excluding hydrogens is 318 g/mol. The van der Waals surface area contributed by atoms with Crippen LogP contribution in [-0.2, 0) is 0 Å². The Morgan fingerprint density at radius 2 is 1.92 bits per heavy atom. The summed E-state index contributed by atoms with van der Waals surface area (Å²) in [6.07, 6.45) is 9.07. The highest BCUT2D eigenvalue weighted by Gasteiger charge is 2.37. The second-order valence-electron chi connectivity index (χ2n) is 6.64. The largest absolute Gasteiger partial charge is 0.350 e. The topological polar surface area (TPSA) is 82.2 Å². The van der Waals surface area contributed by atoms with Crippen LogP contribution in [0.1, 0.15) is 36.0 Å². The number of nitrogens with zero attached hydrogens (tertiary/aromatic N) is 4. The SMILES string of the molecule is O=C(c1ccc[nH]c1=O)N1CCC(N(c2ccncn2)C2CC2)CC1. The molecule has 1 N–H and O–H groups in total. The number of likely N-dealkylation sites (tertiary alicyclic amines) is 1. The van der Waals surface area contributed by atoms with E-state index in [0.717, 1.165) is 18.7 Å². The first-order chi connectivity index (χ1) is 12.2. The molecule has 0 atom stereocenters. The van der Waals surface area contributed by atoms with Gasteiger partial charge in [-0.2, -0.15) is 0 Å². The van der Waals surface area contributed by atoms with Gasteiger partial charge in [0.2, 0.25) is 0 Å². The minimum absolute atomic E-state index is 0.180. The van der Waals surface area contributed by atoms with Crippen molar-refractivity contribution in [3.8, 4) is 0 Å². The number of carbonyl (C=O) groups is 1. The molecule has 2 aliphatic rings. The molecule has 0 radical (unpaired) electrons. The highest BCUT2D eigenvalue weighted by molar-refractivity contribution is 5.93. The van der Waals surface area contributed by atoms with Crippen LogP contribution in [0.3, 0.4) is 0 Å². The van der Waals surface area contributed by atoms with Gasteiger partial charge < -0.3 is 14.8 Å². The molecule has 2 fully saturated rings. The fourth-order valence-corrected chi connectivity index (χ4v) is 3.57. The van der Waals surface area contributed by atoms with Crippen LogP contribution in [0.5, 0.6) is 0 Å². The maximum absolute atomic E-state index is 12.6. The predicted molar refractivity (Wildman–Crippen MR) is 93.5 cm³/mol. The first-order valence-corrected chi connectivity index (χ1v) is 8.75. The Morgan fingerprint density at radius 1 is 1.16 bits per heavy atom. The molecule has 25 heavy (non-hydrogen) atoms. The van der Waals surface area contributed by atoms with Crippen LogP contribution in [0.4, 0.5) is 5.82 Å². The average Bonchev–Trinajstić information content (AvgIpc) is 3.48. The molecule has 0 bridgehead atoms. The number of aromatic amines is 1. The summed E-state index contributed by atoms with van der Waals surface area (Å²) in [5, 5.41) is 0. The average molecular weight is 339 g/mol. The van der Waals surface area contributed by atoms with Gasteiger partial charge in [-0.25, -0.2) is 9.97 Å². The number of H-pyrrole nitrogens is 1. The first-order valence-electron chi connectivity index (χ1n) is 8.75. The van der Waals surface area contributed by atoms with Gasteiger partial charge in [0.25, 0.3) is 11.5 Å². The van der Waals surface area contributed by atoms with Crippen molar-refractivity contribution in [1.29, 1.82) is 0 Å². The molecule has 130 valence electrons. The lowest BCUT2D eigenvalue weighted by atomic mass is 10.0. The molecule has 0 aromatic carbocycles. The summed E-state index contributed by atoms with van der Waals surface area (Å²) < 4.78 is 0. The van der Waals surface area contributed by atoms with E-state index < -0.39 is 0 Å². The second kappa shape index (κ2) is 6.66. The van der Waals surface area contributed by atoms with Crippen LogP contribution < -0.4 is 10.5 Å². The van der Waals surface area contributed by atoms with Gasteiger partial charge in [0.05, 0.1) is 0 Å². The normalized spacial score (nSPS) is 18.2. The summed E-state index contributed by atoms with van der Waals surface area (Å²) in [7, 11) is 0. The van der Waals surface area contributed by atoms with Crippen LogP contribution in [-0.4, -0.2) is 50.9 Å². The van der Waals surface area contributed by atoms with Crippen LogP contribution >= 0.6 is 0 Å². The third kappa shape index (κ3) is 3.26. The van der Waals surface area contributed by atoms with Gasteiger partial charge >= 0.3 is 0 Å². The molecule has 7 nitrogen and oxygen atoms in total. The number of aromatic nitrogens is 3. The van der Waals surface area contributed by atoms with Gasteiger partial charge in [0.15, 0.2) is 0 Å². The summed E-state index contributed by atoms with van der Waals surface area (Å²) in [5.41, 5.74) is -0.106. The van der Waals surface area contributed by atoms with Crippen LogP contribution in [0.2, 0.25) is 0 Å². The van der Waals surface area contributed by atoms with E-state index in [9.17, 15) is 9.59 Å². The highest BCUT2D eigenvalue weighted by atomic mass is 16.2. The summed E-state index contributed by atoms with van der Waals surface area (Å²) >= 11 is 0. The molecule has 4 rings (SSSR count). The zero-order valence-electron chi connectivity index (χ0n) is 14.0. The number of nitrogens with one attached hydrogen (secondary N) is 1. The summed E-state index contributed by atoms with van der Waals surface area (Å²) in [6, 6.07) is 6.16. The predicted octanol–water partition coefficient (Wildman–Crippen LogP) is 1.44. The first kappa shape index (κ1) is 15.8. The quantitative estimate of drug-likeness (QED) is 0.911. The third-order valence-corrected chi connectivity index (χ3v) is 4.96. The lowest BCUT2D eigenvalue weighted by molar-refractivity contribution is 0.0710. The van der Waals surface area contributed by atoms with Crippen LogP contribution in [0.25, 0.3) is 0 Å². The fourth-order valence-electron chi connectivity index (χ4n) is 3.57. The van der Waals surface area contributed by atoms with E-state index in [1.54, 1.807) is 35.8 Å². The zero-order chi connectivity index (χ0) is 17.2. The number of amides is 1. The summed E-state index contributed by atoms with van der Waals surface area (Å²) in [5.74, 6) is 0.794. The second-order valence-corrected chi connectivity index (χ2v) is 6.64. The maximum atomic E-state index is 12.6. The molecule has 3 heterocycles. The number of anilines is 1. The van der Waals surface area contributed by atoms with Gasteiger partial charge in [-0.3, -0.25) is 9.59 Å². The zero-order valence-corrected chi connectivity index (χ0v) is 14.0. The van der Waals surface area contributed by atoms with E-state index in [1.165, 1.54) is 12.8 Å². The van der Waals surface area contributed by atoms with Gasteiger partial charge in [0.1, 0.15) is 17.7 Å². The van der Waals surface area contributed by atoms with Crippen molar-refractivity contribution in [2.75, 3.05) is 18.0 Å². The minimum atomic E-state index is -0.324. The lowest BCUT2D eigenvalue weighted by Crippen LogP contribution is -2.48. The molecule has 1 saturated heterocycles. The van der Waals surface area contributed by atoms with E-state index in [-0.39, 0.29) is 17.0 Å². The standard InChI is InChI=1S/C18H21N5O2/c24-17-15(2-1-8-20-17)18(25)22-10-6-14(7-11-22)23(13-3-4-13)16-5-9-19-12-21-16/h1-2,5,8-9,12-14H,3-4,6-7,10-11H2,(H,20,24). The smallest absolute Gasteiger partial charge is 0.260 e. The van der Waals surface area contributed by atoms with Crippen molar-refractivity contribution in [3.05, 3.63) is 52.8 Å². The fraction of sp³-hybridized carbons (Fsp3) is 0.444. The van der Waals surface area contributed by atoms with E-state index in [0.29, 0.717) is 25.2 Å². The molecule has 1 aliphatic carbocycles. The third-order valence-electron chi connectivity index (χ3n) is 4.96. The van der Waals surface area contributed by atoms with Crippen LogP contribution in [0.15, 0.2) is 41.7 Å². The molecule has 0 spiro atoms. The summed E-state index contributed by atoms with van der Waals surface area (Å²) in [4.78, 5) is 39.6. The van der Waals surface area contributed by atoms with E-state index in [2.05, 4.69) is 19.9 Å². The molecule has 0 unspecified atom stereocenters. The van der Waals surface area contributed by atoms with Gasteiger partial charge in [0, 0.05) is 37.6 Å². The summed E-state index contributed by atoms with van der Waals surface area (Å²) in [6.45, 7) is 1.32. The number of hydrogen-bond donors (Lipinski definition) is 1. The van der Waals surface area contributed by atoms with Crippen molar-refractivity contribution in [1.82, 2.24) is 19.9 Å². The number of carbonyl (C=O) groups excluding carboxylic acids is 1. The van der Waals surface area contributed by atoms with E-state index in [4.69, 9.17) is 0 Å². The molecule has 1 saturated carbocycles. The molecule has 1 amide bonds. The van der Waals surface area contributed by atoms with Crippen molar-refractivity contribution >= 4 is 11.7 Å². The van der Waals surface area contributed by atoms with Gasteiger partial charge in [-0.15, -0.1) is 0 Å². The van der Waals surface area contributed by atoms with E-state index in [1.807, 2.05) is 6.07 Å². The molecule has 2 aromatic rings.